The van der Waals surface area contributed by atoms with Crippen LogP contribution in [0.1, 0.15) is 33.6 Å². The molecule has 0 aliphatic heterocycles. The number of nitrogens with two attached hydrogens (primary N) is 1. The zero-order valence-electron chi connectivity index (χ0n) is 12.2. The van der Waals surface area contributed by atoms with Crippen molar-refractivity contribution in [1.29, 1.82) is 0 Å². The molecule has 0 aromatic rings. The van der Waals surface area contributed by atoms with Crippen molar-refractivity contribution < 1.29 is 9.53 Å². The molecule has 5 nitrogen and oxygen atoms in total. The second-order valence-corrected chi connectivity index (χ2v) is 4.54. The number of ether oxygens (including phenoxy) is 1. The van der Waals surface area contributed by atoms with E-state index >= 15 is 0 Å². The smallest absolute Gasteiger partial charge is 0.221 e. The van der Waals surface area contributed by atoms with Crippen molar-refractivity contribution in [3.8, 4) is 0 Å². The summed E-state index contributed by atoms with van der Waals surface area (Å²) in [6.07, 6.45) is 1.49. The quantitative estimate of drug-likeness (QED) is 0.602. The van der Waals surface area contributed by atoms with Crippen LogP contribution in [0.25, 0.3) is 0 Å². The van der Waals surface area contributed by atoms with Crippen LogP contribution in [0.15, 0.2) is 0 Å². The number of methoxy groups -OCH3 is 1. The molecule has 0 fully saturated rings. The Hall–Kier alpha value is -0.650. The molecule has 0 aromatic heterocycles. The lowest BCUT2D eigenvalue weighted by Crippen LogP contribution is -2.49. The fourth-order valence-corrected chi connectivity index (χ4v) is 2.01. The van der Waals surface area contributed by atoms with E-state index in [1.165, 1.54) is 0 Å². The van der Waals surface area contributed by atoms with Crippen molar-refractivity contribution in [3.63, 3.8) is 0 Å². The van der Waals surface area contributed by atoms with Crippen molar-refractivity contribution in [1.82, 2.24) is 10.2 Å². The molecular weight excluding hydrogens is 230 g/mol. The second-order valence-electron chi connectivity index (χ2n) is 4.54. The maximum absolute atomic E-state index is 11.7. The standard InChI is InChI=1S/C13H29N3O2/c1-5-11(3)16(7-8-18-4)12(10-14)9-13(17)15-6-2/h11-12H,5-10,14H2,1-4H3,(H,15,17). The average molecular weight is 259 g/mol. The minimum atomic E-state index is 0.0682. The number of nitrogens with one attached hydrogen (secondary N) is 1. The lowest BCUT2D eigenvalue weighted by atomic mass is 10.1. The number of hydrogen-bond donors (Lipinski definition) is 2. The van der Waals surface area contributed by atoms with Gasteiger partial charge >= 0.3 is 0 Å². The lowest BCUT2D eigenvalue weighted by Gasteiger charge is -2.35. The van der Waals surface area contributed by atoms with Gasteiger partial charge in [0.05, 0.1) is 6.61 Å². The topological polar surface area (TPSA) is 67.6 Å². The van der Waals surface area contributed by atoms with Crippen LogP contribution >= 0.6 is 0 Å². The molecule has 108 valence electrons. The maximum Gasteiger partial charge on any atom is 0.221 e. The molecule has 18 heavy (non-hydrogen) atoms. The first-order valence-corrected chi connectivity index (χ1v) is 6.82. The van der Waals surface area contributed by atoms with E-state index in [4.69, 9.17) is 10.5 Å². The number of nitrogens with zero attached hydrogens (tertiary/aromatic N) is 1. The van der Waals surface area contributed by atoms with Crippen molar-refractivity contribution in [2.24, 2.45) is 5.73 Å². The molecular formula is C13H29N3O2. The van der Waals surface area contributed by atoms with Gasteiger partial charge in [-0.15, -0.1) is 0 Å². The average Bonchev–Trinajstić information content (AvgIpc) is 2.37. The minimum absolute atomic E-state index is 0.0682. The maximum atomic E-state index is 11.7. The van der Waals surface area contributed by atoms with Crippen LogP contribution < -0.4 is 11.1 Å². The predicted octanol–water partition coefficient (Wildman–Crippen LogP) is 0.587. The van der Waals surface area contributed by atoms with E-state index in [1.54, 1.807) is 7.11 Å². The van der Waals surface area contributed by atoms with Crippen LogP contribution in [-0.4, -0.2) is 56.2 Å². The van der Waals surface area contributed by atoms with E-state index in [0.717, 1.165) is 13.0 Å². The Morgan fingerprint density at radius 2 is 2.11 bits per heavy atom. The van der Waals surface area contributed by atoms with E-state index in [9.17, 15) is 4.79 Å². The summed E-state index contributed by atoms with van der Waals surface area (Å²) >= 11 is 0. The summed E-state index contributed by atoms with van der Waals surface area (Å²) in [4.78, 5) is 14.0. The normalized spacial score (nSPS) is 14.6. The Balaban J connectivity index is 4.53. The van der Waals surface area contributed by atoms with Gasteiger partial charge in [0, 0.05) is 45.2 Å². The molecule has 2 unspecified atom stereocenters. The SMILES string of the molecule is CCNC(=O)CC(CN)N(CCOC)C(C)CC. The molecule has 0 spiro atoms. The summed E-state index contributed by atoms with van der Waals surface area (Å²) in [6.45, 7) is 8.86. The summed E-state index contributed by atoms with van der Waals surface area (Å²) in [5.74, 6) is 0.0682. The van der Waals surface area contributed by atoms with Crippen LogP contribution in [0.5, 0.6) is 0 Å². The molecule has 0 radical (unpaired) electrons. The first-order valence-electron chi connectivity index (χ1n) is 6.82. The summed E-state index contributed by atoms with van der Waals surface area (Å²) < 4.78 is 5.13. The third kappa shape index (κ3) is 6.33. The Labute approximate surface area is 111 Å². The van der Waals surface area contributed by atoms with Crippen molar-refractivity contribution in [2.45, 2.75) is 45.7 Å². The molecule has 0 aliphatic carbocycles. The summed E-state index contributed by atoms with van der Waals surface area (Å²) in [5.41, 5.74) is 5.82. The van der Waals surface area contributed by atoms with Crippen LogP contribution in [0.3, 0.4) is 0 Å². The summed E-state index contributed by atoms with van der Waals surface area (Å²) in [7, 11) is 1.69. The van der Waals surface area contributed by atoms with Crippen LogP contribution in [0, 0.1) is 0 Å². The highest BCUT2D eigenvalue weighted by molar-refractivity contribution is 5.76. The zero-order valence-corrected chi connectivity index (χ0v) is 12.2. The van der Waals surface area contributed by atoms with Gasteiger partial charge in [0.15, 0.2) is 0 Å². The molecule has 0 saturated carbocycles. The van der Waals surface area contributed by atoms with Gasteiger partial charge in [-0.2, -0.15) is 0 Å². The van der Waals surface area contributed by atoms with Gasteiger partial charge in [0.2, 0.25) is 5.91 Å². The van der Waals surface area contributed by atoms with Gasteiger partial charge in [-0.25, -0.2) is 0 Å². The fourth-order valence-electron chi connectivity index (χ4n) is 2.01. The van der Waals surface area contributed by atoms with Gasteiger partial charge in [-0.1, -0.05) is 6.92 Å². The molecule has 0 aliphatic rings. The van der Waals surface area contributed by atoms with Gasteiger partial charge < -0.3 is 15.8 Å². The molecule has 0 bridgehead atoms. The van der Waals surface area contributed by atoms with Crippen LogP contribution in [0.2, 0.25) is 0 Å². The second kappa shape index (κ2) is 10.3. The summed E-state index contributed by atoms with van der Waals surface area (Å²) in [6, 6.07) is 0.491. The third-order valence-corrected chi connectivity index (χ3v) is 3.25. The van der Waals surface area contributed by atoms with E-state index in [0.29, 0.717) is 32.2 Å². The molecule has 0 heterocycles. The largest absolute Gasteiger partial charge is 0.383 e. The number of carbonyl (C=O) groups is 1. The van der Waals surface area contributed by atoms with Crippen LogP contribution in [-0.2, 0) is 9.53 Å². The van der Waals surface area contributed by atoms with E-state index in [-0.39, 0.29) is 11.9 Å². The zero-order chi connectivity index (χ0) is 14.0. The highest BCUT2D eigenvalue weighted by Gasteiger charge is 2.23. The van der Waals surface area contributed by atoms with E-state index in [1.807, 2.05) is 6.92 Å². The number of amides is 1. The highest BCUT2D eigenvalue weighted by Crippen LogP contribution is 2.11. The Kier molecular flexibility index (Phi) is 9.92. The monoisotopic (exact) mass is 259 g/mol. The Morgan fingerprint density at radius 1 is 1.44 bits per heavy atom. The van der Waals surface area contributed by atoms with E-state index < -0.39 is 0 Å². The van der Waals surface area contributed by atoms with Gasteiger partial charge in [-0.05, 0) is 20.3 Å². The molecule has 0 rings (SSSR count). The Bertz CT molecular complexity index is 224. The van der Waals surface area contributed by atoms with Gasteiger partial charge in [-0.3, -0.25) is 9.69 Å². The molecule has 0 saturated heterocycles. The van der Waals surface area contributed by atoms with Gasteiger partial charge in [0.1, 0.15) is 0 Å². The van der Waals surface area contributed by atoms with Crippen molar-refractivity contribution in [2.75, 3.05) is 33.4 Å². The van der Waals surface area contributed by atoms with Crippen molar-refractivity contribution in [3.05, 3.63) is 0 Å². The van der Waals surface area contributed by atoms with Gasteiger partial charge in [0.25, 0.3) is 0 Å². The number of carbonyl (C=O) groups excluding carboxylic acids is 1. The molecule has 2 atom stereocenters. The highest BCUT2D eigenvalue weighted by atomic mass is 16.5. The fraction of sp³-hybridized carbons (Fsp3) is 0.923. The first-order chi connectivity index (χ1) is 8.60. The number of hydrogen-bond acceptors (Lipinski definition) is 4. The lowest BCUT2D eigenvalue weighted by molar-refractivity contribution is -0.122. The molecule has 5 heteroatoms. The van der Waals surface area contributed by atoms with E-state index in [2.05, 4.69) is 24.1 Å². The summed E-state index contributed by atoms with van der Waals surface area (Å²) in [5, 5.41) is 2.83. The molecule has 1 amide bonds. The Morgan fingerprint density at radius 3 is 2.56 bits per heavy atom. The minimum Gasteiger partial charge on any atom is -0.383 e. The molecule has 3 N–H and O–H groups in total. The van der Waals surface area contributed by atoms with Crippen LogP contribution in [0.4, 0.5) is 0 Å². The number of rotatable bonds is 10. The molecule has 0 aromatic carbocycles. The predicted molar refractivity (Wildman–Crippen MR) is 74.5 cm³/mol. The first kappa shape index (κ1) is 17.4. The van der Waals surface area contributed by atoms with Crippen molar-refractivity contribution >= 4 is 5.91 Å². The third-order valence-electron chi connectivity index (χ3n) is 3.25.